The van der Waals surface area contributed by atoms with E-state index in [1.54, 1.807) is 0 Å². The number of aromatic nitrogens is 1. The molecular weight excluding hydrogens is 216 g/mol. The second-order valence-corrected chi connectivity index (χ2v) is 3.14. The van der Waals surface area contributed by atoms with Crippen LogP contribution in [0.2, 0.25) is 0 Å². The molecule has 0 radical (unpaired) electrons. The van der Waals surface area contributed by atoms with Gasteiger partial charge in [0.05, 0.1) is 19.5 Å². The van der Waals surface area contributed by atoms with Crippen molar-refractivity contribution in [3.05, 3.63) is 36.4 Å². The van der Waals surface area contributed by atoms with Gasteiger partial charge in [-0.2, -0.15) is 13.8 Å². The molecule has 0 aromatic carbocycles. The maximum atomic E-state index is 12.7. The number of pyridine rings is 1. The predicted molar refractivity (Wildman–Crippen MR) is 55.0 cm³/mol. The third kappa shape index (κ3) is 4.25. The highest BCUT2D eigenvalue weighted by atomic mass is 19.1. The molecule has 0 bridgehead atoms. The lowest BCUT2D eigenvalue weighted by Crippen LogP contribution is -2.00. The summed E-state index contributed by atoms with van der Waals surface area (Å²) in [5.74, 6) is -1.00. The fourth-order valence-electron chi connectivity index (χ4n) is 1.09. The summed E-state index contributed by atoms with van der Waals surface area (Å²) in [5.41, 5.74) is 0. The Balaban J connectivity index is 2.34. The van der Waals surface area contributed by atoms with Crippen LogP contribution in [0.15, 0.2) is 24.5 Å². The fourth-order valence-corrected chi connectivity index (χ4v) is 1.09. The zero-order chi connectivity index (χ0) is 12.0. The molecule has 88 valence electrons. The van der Waals surface area contributed by atoms with E-state index in [1.807, 2.05) is 0 Å². The van der Waals surface area contributed by atoms with Crippen molar-refractivity contribution in [1.82, 2.24) is 4.98 Å². The third-order valence-electron chi connectivity index (χ3n) is 1.89. The van der Waals surface area contributed by atoms with Crippen LogP contribution < -0.4 is 4.74 Å². The Morgan fingerprint density at radius 2 is 2.00 bits per heavy atom. The number of allylic oxidation sites excluding steroid dienone is 1. The number of halogens is 2. The zero-order valence-electron chi connectivity index (χ0n) is 9.00. The van der Waals surface area contributed by atoms with Crippen LogP contribution >= 0.6 is 0 Å². The van der Waals surface area contributed by atoms with Crippen LogP contribution in [0.25, 0.3) is 0 Å². The van der Waals surface area contributed by atoms with E-state index in [-0.39, 0.29) is 5.75 Å². The molecule has 0 unspecified atom stereocenters. The fraction of sp³-hybridized carbons (Fsp3) is 0.364. The minimum atomic E-state index is -0.892. The zero-order valence-corrected chi connectivity index (χ0v) is 9.00. The molecular formula is C11H13F2NO2. The normalized spacial score (nSPS) is 9.94. The molecule has 0 fully saturated rings. The molecule has 1 aromatic heterocycles. The molecule has 1 heterocycles. The molecule has 0 aliphatic heterocycles. The summed E-state index contributed by atoms with van der Waals surface area (Å²) in [6, 6.07) is 2.07. The average molecular weight is 229 g/mol. The first-order chi connectivity index (χ1) is 7.61. The largest absolute Gasteiger partial charge is 0.502 e. The van der Waals surface area contributed by atoms with E-state index in [2.05, 4.69) is 11.6 Å². The number of nitrogens with zero attached hydrogens (tertiary/aromatic N) is 1. The summed E-state index contributed by atoms with van der Waals surface area (Å²) < 4.78 is 35.3. The van der Waals surface area contributed by atoms with Crippen LogP contribution in [0.3, 0.4) is 0 Å². The standard InChI is InChI=1S/C11H13F2NO2/c1-8(15-2)4-3-5-16-9-6-10(12)14-11(13)7-9/h6-7H,1,3-5H2,2H3. The minimum Gasteiger partial charge on any atom is -0.502 e. The lowest BCUT2D eigenvalue weighted by Gasteiger charge is -2.07. The van der Waals surface area contributed by atoms with E-state index in [9.17, 15) is 8.78 Å². The monoisotopic (exact) mass is 229 g/mol. The molecule has 0 saturated carbocycles. The van der Waals surface area contributed by atoms with Gasteiger partial charge in [0.15, 0.2) is 0 Å². The Bertz CT molecular complexity index is 349. The first-order valence-electron chi connectivity index (χ1n) is 4.79. The van der Waals surface area contributed by atoms with E-state index in [0.717, 1.165) is 12.1 Å². The van der Waals surface area contributed by atoms with E-state index in [4.69, 9.17) is 9.47 Å². The minimum absolute atomic E-state index is 0.132. The maximum Gasteiger partial charge on any atom is 0.219 e. The SMILES string of the molecule is C=C(CCCOc1cc(F)nc(F)c1)OC. The summed E-state index contributed by atoms with van der Waals surface area (Å²) in [6.45, 7) is 3.98. The Labute approximate surface area is 92.7 Å². The molecule has 0 aliphatic carbocycles. The molecule has 0 aliphatic rings. The van der Waals surface area contributed by atoms with Crippen LogP contribution in [-0.2, 0) is 4.74 Å². The van der Waals surface area contributed by atoms with Crippen molar-refractivity contribution in [2.75, 3.05) is 13.7 Å². The van der Waals surface area contributed by atoms with Crippen molar-refractivity contribution in [3.8, 4) is 5.75 Å². The van der Waals surface area contributed by atoms with E-state index in [0.29, 0.717) is 25.2 Å². The van der Waals surface area contributed by atoms with E-state index < -0.39 is 11.9 Å². The van der Waals surface area contributed by atoms with Gasteiger partial charge in [-0.1, -0.05) is 6.58 Å². The third-order valence-corrected chi connectivity index (χ3v) is 1.89. The summed E-state index contributed by atoms with van der Waals surface area (Å²) in [6.07, 6.45) is 1.31. The second-order valence-electron chi connectivity index (χ2n) is 3.14. The summed E-state index contributed by atoms with van der Waals surface area (Å²) in [4.78, 5) is 2.96. The number of hydrogen-bond donors (Lipinski definition) is 0. The first kappa shape index (κ1) is 12.4. The number of ether oxygens (including phenoxy) is 2. The Hall–Kier alpha value is -1.65. The highest BCUT2D eigenvalue weighted by Crippen LogP contribution is 2.13. The summed E-state index contributed by atoms with van der Waals surface area (Å²) in [5, 5.41) is 0. The van der Waals surface area contributed by atoms with Crippen molar-refractivity contribution < 1.29 is 18.3 Å². The quantitative estimate of drug-likeness (QED) is 0.427. The topological polar surface area (TPSA) is 31.4 Å². The maximum absolute atomic E-state index is 12.7. The Morgan fingerprint density at radius 1 is 1.38 bits per heavy atom. The molecule has 1 rings (SSSR count). The molecule has 0 saturated heterocycles. The number of hydrogen-bond acceptors (Lipinski definition) is 3. The molecule has 1 aromatic rings. The molecule has 0 amide bonds. The lowest BCUT2D eigenvalue weighted by atomic mass is 10.3. The van der Waals surface area contributed by atoms with Gasteiger partial charge in [0, 0.05) is 18.6 Å². The van der Waals surface area contributed by atoms with Crippen molar-refractivity contribution in [2.24, 2.45) is 0 Å². The van der Waals surface area contributed by atoms with Crippen molar-refractivity contribution in [2.45, 2.75) is 12.8 Å². The molecule has 5 heteroatoms. The molecule has 16 heavy (non-hydrogen) atoms. The van der Waals surface area contributed by atoms with Gasteiger partial charge in [-0.05, 0) is 6.42 Å². The van der Waals surface area contributed by atoms with E-state index >= 15 is 0 Å². The number of rotatable bonds is 6. The van der Waals surface area contributed by atoms with Crippen molar-refractivity contribution in [1.29, 1.82) is 0 Å². The Morgan fingerprint density at radius 3 is 2.56 bits per heavy atom. The second kappa shape index (κ2) is 6.05. The van der Waals surface area contributed by atoms with Crippen molar-refractivity contribution in [3.63, 3.8) is 0 Å². The highest BCUT2D eigenvalue weighted by Gasteiger charge is 2.02. The van der Waals surface area contributed by atoms with Gasteiger partial charge >= 0.3 is 0 Å². The van der Waals surface area contributed by atoms with Gasteiger partial charge in [0.1, 0.15) is 5.75 Å². The smallest absolute Gasteiger partial charge is 0.219 e. The molecule has 0 atom stereocenters. The summed E-state index contributed by atoms with van der Waals surface area (Å²) >= 11 is 0. The van der Waals surface area contributed by atoms with Crippen molar-refractivity contribution >= 4 is 0 Å². The molecule has 3 nitrogen and oxygen atoms in total. The highest BCUT2D eigenvalue weighted by molar-refractivity contribution is 5.18. The molecule has 0 N–H and O–H groups in total. The van der Waals surface area contributed by atoms with Gasteiger partial charge < -0.3 is 9.47 Å². The van der Waals surface area contributed by atoms with Gasteiger partial charge in [0.25, 0.3) is 0 Å². The van der Waals surface area contributed by atoms with Crippen LogP contribution in [0.4, 0.5) is 8.78 Å². The van der Waals surface area contributed by atoms with E-state index in [1.165, 1.54) is 7.11 Å². The van der Waals surface area contributed by atoms with Gasteiger partial charge in [-0.15, -0.1) is 0 Å². The molecule has 0 spiro atoms. The van der Waals surface area contributed by atoms with Gasteiger partial charge in [-0.25, -0.2) is 0 Å². The van der Waals surface area contributed by atoms with Crippen LogP contribution in [0.5, 0.6) is 5.75 Å². The first-order valence-corrected chi connectivity index (χ1v) is 4.79. The lowest BCUT2D eigenvalue weighted by molar-refractivity contribution is 0.256. The van der Waals surface area contributed by atoms with Gasteiger partial charge in [-0.3, -0.25) is 0 Å². The average Bonchev–Trinajstić information content (AvgIpc) is 2.22. The number of methoxy groups -OCH3 is 1. The van der Waals surface area contributed by atoms with Gasteiger partial charge in [0.2, 0.25) is 11.9 Å². The van der Waals surface area contributed by atoms with Crippen LogP contribution in [0.1, 0.15) is 12.8 Å². The van der Waals surface area contributed by atoms with Crippen LogP contribution in [0, 0.1) is 11.9 Å². The predicted octanol–water partition coefficient (Wildman–Crippen LogP) is 2.68. The Kier molecular flexibility index (Phi) is 4.69. The van der Waals surface area contributed by atoms with Crippen LogP contribution in [-0.4, -0.2) is 18.7 Å². The summed E-state index contributed by atoms with van der Waals surface area (Å²) in [7, 11) is 1.54.